The maximum absolute atomic E-state index is 5.76. The number of nitrogens with two attached hydrogens (primary N) is 2. The summed E-state index contributed by atoms with van der Waals surface area (Å²) in [4.78, 5) is 14.5. The topological polar surface area (TPSA) is 93.4 Å². The van der Waals surface area contributed by atoms with Crippen LogP contribution in [0.25, 0.3) is 0 Å². The van der Waals surface area contributed by atoms with E-state index in [1.165, 1.54) is 0 Å². The monoisotopic (exact) mass is 206 g/mol. The third-order valence-electron chi connectivity index (χ3n) is 2.31. The van der Waals surface area contributed by atoms with Crippen LogP contribution in [0.4, 0.5) is 23.3 Å². The quantitative estimate of drug-likeness (QED) is 0.700. The molecule has 0 fully saturated rings. The Labute approximate surface area is 88.0 Å². The Balaban J connectivity index is 2.61. The highest BCUT2D eigenvalue weighted by atomic mass is 15.3. The van der Waals surface area contributed by atoms with E-state index < -0.39 is 0 Å². The molecule has 0 atom stereocenters. The Kier molecular flexibility index (Phi) is 2.18. The first-order valence-electron chi connectivity index (χ1n) is 4.84. The number of hydrogen-bond donors (Lipinski definition) is 2. The standard InChI is InChI=1S/C9H14N6/c1-3-15-4-5(2)12-6-7(10)13-9(11)14-8(6)15/h3-4H2,1-2H3,(H4,10,11,13,14). The van der Waals surface area contributed by atoms with Crippen molar-refractivity contribution >= 4 is 29.0 Å². The second kappa shape index (κ2) is 3.38. The highest BCUT2D eigenvalue weighted by molar-refractivity contribution is 5.95. The molecular weight excluding hydrogens is 192 g/mol. The first-order chi connectivity index (χ1) is 7.11. The highest BCUT2D eigenvalue weighted by Crippen LogP contribution is 2.34. The summed E-state index contributed by atoms with van der Waals surface area (Å²) in [5, 5.41) is 0. The molecule has 1 aromatic rings. The van der Waals surface area contributed by atoms with Crippen LogP contribution in [-0.4, -0.2) is 28.8 Å². The summed E-state index contributed by atoms with van der Waals surface area (Å²) >= 11 is 0. The first-order valence-corrected chi connectivity index (χ1v) is 4.84. The molecule has 0 spiro atoms. The summed E-state index contributed by atoms with van der Waals surface area (Å²) in [5.41, 5.74) is 13.0. The molecule has 6 heteroatoms. The minimum atomic E-state index is 0.194. The molecule has 0 aliphatic carbocycles. The summed E-state index contributed by atoms with van der Waals surface area (Å²) in [6.07, 6.45) is 0. The van der Waals surface area contributed by atoms with Crippen molar-refractivity contribution in [3.63, 3.8) is 0 Å². The van der Waals surface area contributed by atoms with Crippen molar-refractivity contribution in [3.8, 4) is 0 Å². The highest BCUT2D eigenvalue weighted by Gasteiger charge is 2.21. The Hall–Kier alpha value is -1.85. The summed E-state index contributed by atoms with van der Waals surface area (Å²) in [7, 11) is 0. The van der Waals surface area contributed by atoms with E-state index in [1.807, 2.05) is 6.92 Å². The van der Waals surface area contributed by atoms with Crippen LogP contribution in [0.2, 0.25) is 0 Å². The van der Waals surface area contributed by atoms with Crippen LogP contribution in [0, 0.1) is 0 Å². The molecular formula is C9H14N6. The summed E-state index contributed by atoms with van der Waals surface area (Å²) in [5.74, 6) is 1.27. The Morgan fingerprint density at radius 1 is 1.33 bits per heavy atom. The van der Waals surface area contributed by atoms with Crippen molar-refractivity contribution in [2.45, 2.75) is 13.8 Å². The number of fused-ring (bicyclic) bond motifs is 1. The molecule has 0 saturated heterocycles. The number of nitrogen functional groups attached to an aromatic ring is 2. The molecule has 6 nitrogen and oxygen atoms in total. The second-order valence-electron chi connectivity index (χ2n) is 3.50. The second-order valence-corrected chi connectivity index (χ2v) is 3.50. The SMILES string of the molecule is CCN1CC(C)=Nc2c(N)nc(N)nc21. The lowest BCUT2D eigenvalue weighted by Gasteiger charge is -2.27. The van der Waals surface area contributed by atoms with E-state index in [0.717, 1.165) is 24.6 Å². The Bertz CT molecular complexity index is 425. The normalized spacial score (nSPS) is 14.8. The van der Waals surface area contributed by atoms with Crippen LogP contribution in [-0.2, 0) is 0 Å². The Morgan fingerprint density at radius 2 is 2.07 bits per heavy atom. The molecule has 1 aliphatic heterocycles. The maximum atomic E-state index is 5.76. The lowest BCUT2D eigenvalue weighted by molar-refractivity contribution is 0.881. The molecule has 15 heavy (non-hydrogen) atoms. The van der Waals surface area contributed by atoms with E-state index in [4.69, 9.17) is 11.5 Å². The van der Waals surface area contributed by atoms with Gasteiger partial charge in [-0.15, -0.1) is 0 Å². The average molecular weight is 206 g/mol. The minimum Gasteiger partial charge on any atom is -0.382 e. The molecule has 4 N–H and O–H groups in total. The van der Waals surface area contributed by atoms with E-state index in [2.05, 4.69) is 26.8 Å². The van der Waals surface area contributed by atoms with E-state index in [9.17, 15) is 0 Å². The molecule has 2 rings (SSSR count). The molecule has 0 amide bonds. The molecule has 1 aromatic heterocycles. The van der Waals surface area contributed by atoms with Crippen molar-refractivity contribution in [3.05, 3.63) is 0 Å². The van der Waals surface area contributed by atoms with Crippen LogP contribution >= 0.6 is 0 Å². The van der Waals surface area contributed by atoms with Gasteiger partial charge in [-0.25, -0.2) is 4.99 Å². The largest absolute Gasteiger partial charge is 0.382 e. The van der Waals surface area contributed by atoms with E-state index in [1.54, 1.807) is 0 Å². The van der Waals surface area contributed by atoms with Gasteiger partial charge in [-0.1, -0.05) is 0 Å². The van der Waals surface area contributed by atoms with Crippen molar-refractivity contribution in [2.75, 3.05) is 29.5 Å². The van der Waals surface area contributed by atoms with Crippen molar-refractivity contribution in [1.29, 1.82) is 0 Å². The summed E-state index contributed by atoms with van der Waals surface area (Å²) in [6.45, 7) is 5.62. The van der Waals surface area contributed by atoms with Gasteiger partial charge in [0.15, 0.2) is 11.6 Å². The van der Waals surface area contributed by atoms with Crippen LogP contribution in [0.5, 0.6) is 0 Å². The zero-order valence-corrected chi connectivity index (χ0v) is 8.86. The van der Waals surface area contributed by atoms with Gasteiger partial charge >= 0.3 is 0 Å². The lowest BCUT2D eigenvalue weighted by Crippen LogP contribution is -2.32. The van der Waals surface area contributed by atoms with E-state index >= 15 is 0 Å². The number of hydrogen-bond acceptors (Lipinski definition) is 6. The van der Waals surface area contributed by atoms with Gasteiger partial charge in [0.2, 0.25) is 5.95 Å². The van der Waals surface area contributed by atoms with Gasteiger partial charge in [0.25, 0.3) is 0 Å². The zero-order valence-electron chi connectivity index (χ0n) is 8.86. The number of aromatic nitrogens is 2. The van der Waals surface area contributed by atoms with Gasteiger partial charge < -0.3 is 16.4 Å². The van der Waals surface area contributed by atoms with Crippen LogP contribution in [0.1, 0.15) is 13.8 Å². The molecule has 1 aliphatic rings. The summed E-state index contributed by atoms with van der Waals surface area (Å²) in [6, 6.07) is 0. The summed E-state index contributed by atoms with van der Waals surface area (Å²) < 4.78 is 0. The smallest absolute Gasteiger partial charge is 0.224 e. The predicted octanol–water partition coefficient (Wildman–Crippen LogP) is 0.573. The van der Waals surface area contributed by atoms with Gasteiger partial charge in [-0.2, -0.15) is 9.97 Å². The van der Waals surface area contributed by atoms with E-state index in [-0.39, 0.29) is 5.95 Å². The van der Waals surface area contributed by atoms with Crippen molar-refractivity contribution in [2.24, 2.45) is 4.99 Å². The molecule has 0 radical (unpaired) electrons. The number of anilines is 3. The minimum absolute atomic E-state index is 0.194. The number of nitrogens with zero attached hydrogens (tertiary/aromatic N) is 4. The fourth-order valence-electron chi connectivity index (χ4n) is 1.64. The van der Waals surface area contributed by atoms with Crippen LogP contribution in [0.3, 0.4) is 0 Å². The third-order valence-corrected chi connectivity index (χ3v) is 2.31. The van der Waals surface area contributed by atoms with Gasteiger partial charge in [0.05, 0.1) is 6.54 Å². The maximum Gasteiger partial charge on any atom is 0.224 e. The first kappa shape index (κ1) is 9.70. The van der Waals surface area contributed by atoms with Gasteiger partial charge in [-0.3, -0.25) is 0 Å². The van der Waals surface area contributed by atoms with Crippen molar-refractivity contribution < 1.29 is 0 Å². The Morgan fingerprint density at radius 3 is 2.73 bits per heavy atom. The zero-order chi connectivity index (χ0) is 11.0. The predicted molar refractivity (Wildman–Crippen MR) is 61.5 cm³/mol. The average Bonchev–Trinajstić information content (AvgIpc) is 2.18. The molecule has 0 saturated carbocycles. The van der Waals surface area contributed by atoms with Crippen LogP contribution in [0.15, 0.2) is 4.99 Å². The van der Waals surface area contributed by atoms with E-state index in [0.29, 0.717) is 11.5 Å². The lowest BCUT2D eigenvalue weighted by atomic mass is 10.2. The molecule has 2 heterocycles. The molecule has 0 bridgehead atoms. The molecule has 0 aromatic carbocycles. The number of rotatable bonds is 1. The third kappa shape index (κ3) is 1.58. The number of aliphatic imine (C=N–C) groups is 1. The van der Waals surface area contributed by atoms with Crippen molar-refractivity contribution in [1.82, 2.24) is 9.97 Å². The van der Waals surface area contributed by atoms with Gasteiger partial charge in [-0.05, 0) is 13.8 Å². The molecule has 0 unspecified atom stereocenters. The van der Waals surface area contributed by atoms with Gasteiger partial charge in [0.1, 0.15) is 5.69 Å². The fourth-order valence-corrected chi connectivity index (χ4v) is 1.64. The van der Waals surface area contributed by atoms with Gasteiger partial charge in [0, 0.05) is 12.3 Å². The molecule has 80 valence electrons. The van der Waals surface area contributed by atoms with Crippen LogP contribution < -0.4 is 16.4 Å². The fraction of sp³-hybridized carbons (Fsp3) is 0.444.